The van der Waals surface area contributed by atoms with Crippen molar-refractivity contribution in [3.8, 4) is 0 Å². The summed E-state index contributed by atoms with van der Waals surface area (Å²) in [6, 6.07) is 0.477. The second-order valence-electron chi connectivity index (χ2n) is 4.81. The molecular weight excluding hydrogens is 208 g/mol. The Labute approximate surface area is 98.0 Å². The van der Waals surface area contributed by atoms with Crippen LogP contribution in [0.5, 0.6) is 0 Å². The number of rotatable bonds is 4. The van der Waals surface area contributed by atoms with Crippen LogP contribution in [0.15, 0.2) is 0 Å². The van der Waals surface area contributed by atoms with Crippen LogP contribution in [0.4, 0.5) is 0 Å². The SMILES string of the molecule is CCC(CC(N)=S)N1CCOC(C)(C)C1. The van der Waals surface area contributed by atoms with Crippen molar-refractivity contribution in [2.24, 2.45) is 5.73 Å². The highest BCUT2D eigenvalue weighted by molar-refractivity contribution is 7.80. The molecule has 1 heterocycles. The normalized spacial score (nSPS) is 23.7. The zero-order valence-electron chi connectivity index (χ0n) is 9.95. The summed E-state index contributed by atoms with van der Waals surface area (Å²) in [6.45, 7) is 9.21. The van der Waals surface area contributed by atoms with Gasteiger partial charge in [0.2, 0.25) is 0 Å². The van der Waals surface area contributed by atoms with Crippen LogP contribution in [-0.2, 0) is 4.74 Å². The Balaban J connectivity index is 2.56. The van der Waals surface area contributed by atoms with E-state index >= 15 is 0 Å². The molecule has 0 aliphatic carbocycles. The van der Waals surface area contributed by atoms with Crippen molar-refractivity contribution >= 4 is 17.2 Å². The van der Waals surface area contributed by atoms with E-state index in [-0.39, 0.29) is 5.60 Å². The molecule has 0 aromatic heterocycles. The topological polar surface area (TPSA) is 38.5 Å². The van der Waals surface area contributed by atoms with E-state index in [9.17, 15) is 0 Å². The van der Waals surface area contributed by atoms with Crippen molar-refractivity contribution < 1.29 is 4.74 Å². The molecule has 88 valence electrons. The van der Waals surface area contributed by atoms with Crippen LogP contribution in [0.3, 0.4) is 0 Å². The minimum absolute atomic E-state index is 0.0398. The third-order valence-electron chi connectivity index (χ3n) is 2.88. The number of ether oxygens (including phenoxy) is 1. The van der Waals surface area contributed by atoms with Gasteiger partial charge in [-0.25, -0.2) is 0 Å². The molecule has 0 aromatic carbocycles. The second-order valence-corrected chi connectivity index (χ2v) is 5.34. The van der Waals surface area contributed by atoms with Gasteiger partial charge < -0.3 is 10.5 Å². The predicted octanol–water partition coefficient (Wildman–Crippen LogP) is 1.55. The quantitative estimate of drug-likeness (QED) is 0.744. The summed E-state index contributed by atoms with van der Waals surface area (Å²) in [5.41, 5.74) is 5.58. The molecule has 0 aromatic rings. The monoisotopic (exact) mass is 230 g/mol. The molecule has 0 bridgehead atoms. The van der Waals surface area contributed by atoms with Gasteiger partial charge in [-0.15, -0.1) is 0 Å². The van der Waals surface area contributed by atoms with Crippen LogP contribution in [0, 0.1) is 0 Å². The lowest BCUT2D eigenvalue weighted by atomic mass is 10.0. The minimum atomic E-state index is -0.0398. The Kier molecular flexibility index (Phi) is 4.49. The van der Waals surface area contributed by atoms with Crippen molar-refractivity contribution in [2.45, 2.75) is 45.3 Å². The van der Waals surface area contributed by atoms with Gasteiger partial charge >= 0.3 is 0 Å². The largest absolute Gasteiger partial charge is 0.393 e. The van der Waals surface area contributed by atoms with Gasteiger partial charge in [0.1, 0.15) is 0 Å². The average molecular weight is 230 g/mol. The number of nitrogens with two attached hydrogens (primary N) is 1. The summed E-state index contributed by atoms with van der Waals surface area (Å²) >= 11 is 4.98. The lowest BCUT2D eigenvalue weighted by Crippen LogP contribution is -2.52. The maximum absolute atomic E-state index is 5.69. The molecule has 1 aliphatic rings. The fourth-order valence-corrected chi connectivity index (χ4v) is 2.32. The lowest BCUT2D eigenvalue weighted by molar-refractivity contribution is -0.0966. The van der Waals surface area contributed by atoms with Gasteiger partial charge in [-0.05, 0) is 20.3 Å². The van der Waals surface area contributed by atoms with Gasteiger partial charge in [0.25, 0.3) is 0 Å². The number of hydrogen-bond donors (Lipinski definition) is 1. The fourth-order valence-electron chi connectivity index (χ4n) is 2.13. The predicted molar refractivity (Wildman–Crippen MR) is 67.1 cm³/mol. The molecular formula is C11H22N2OS. The highest BCUT2D eigenvalue weighted by Crippen LogP contribution is 2.20. The molecule has 1 unspecified atom stereocenters. The van der Waals surface area contributed by atoms with Crippen LogP contribution in [0.25, 0.3) is 0 Å². The maximum Gasteiger partial charge on any atom is 0.0753 e. The fraction of sp³-hybridized carbons (Fsp3) is 0.909. The van der Waals surface area contributed by atoms with E-state index < -0.39 is 0 Å². The third kappa shape index (κ3) is 4.05. The van der Waals surface area contributed by atoms with E-state index in [1.165, 1.54) is 0 Å². The first-order valence-electron chi connectivity index (χ1n) is 5.61. The molecule has 4 heteroatoms. The van der Waals surface area contributed by atoms with E-state index in [0.717, 1.165) is 32.5 Å². The molecule has 0 saturated carbocycles. The molecule has 2 N–H and O–H groups in total. The minimum Gasteiger partial charge on any atom is -0.393 e. The Bertz CT molecular complexity index is 231. The third-order valence-corrected chi connectivity index (χ3v) is 3.05. The summed E-state index contributed by atoms with van der Waals surface area (Å²) in [5, 5.41) is 0. The molecule has 15 heavy (non-hydrogen) atoms. The summed E-state index contributed by atoms with van der Waals surface area (Å²) in [7, 11) is 0. The summed E-state index contributed by atoms with van der Waals surface area (Å²) in [5.74, 6) is 0. The Morgan fingerprint density at radius 3 is 2.73 bits per heavy atom. The van der Waals surface area contributed by atoms with Crippen molar-refractivity contribution in [3.05, 3.63) is 0 Å². The first kappa shape index (κ1) is 12.9. The standard InChI is InChI=1S/C11H22N2OS/c1-4-9(7-10(12)15)13-5-6-14-11(2,3)8-13/h9H,4-8H2,1-3H3,(H2,12,15). The maximum atomic E-state index is 5.69. The van der Waals surface area contributed by atoms with Crippen LogP contribution in [-0.4, -0.2) is 41.2 Å². The summed E-state index contributed by atoms with van der Waals surface area (Å²) < 4.78 is 5.69. The summed E-state index contributed by atoms with van der Waals surface area (Å²) in [4.78, 5) is 3.06. The molecule has 0 amide bonds. The molecule has 3 nitrogen and oxygen atoms in total. The Hall–Kier alpha value is -0.190. The second kappa shape index (κ2) is 5.23. The van der Waals surface area contributed by atoms with Gasteiger partial charge in [-0.3, -0.25) is 4.90 Å². The highest BCUT2D eigenvalue weighted by Gasteiger charge is 2.30. The van der Waals surface area contributed by atoms with E-state index in [0.29, 0.717) is 11.0 Å². The van der Waals surface area contributed by atoms with Crippen molar-refractivity contribution in [2.75, 3.05) is 19.7 Å². The number of nitrogens with zero attached hydrogens (tertiary/aromatic N) is 1. The van der Waals surface area contributed by atoms with Crippen LogP contribution in [0.2, 0.25) is 0 Å². The summed E-state index contributed by atoms with van der Waals surface area (Å²) in [6.07, 6.45) is 1.91. The van der Waals surface area contributed by atoms with Crippen molar-refractivity contribution in [1.29, 1.82) is 0 Å². The molecule has 1 aliphatic heterocycles. The van der Waals surface area contributed by atoms with E-state index in [1.54, 1.807) is 0 Å². The number of thiocarbonyl (C=S) groups is 1. The van der Waals surface area contributed by atoms with Gasteiger partial charge in [0.05, 0.1) is 17.2 Å². The molecule has 0 radical (unpaired) electrons. The molecule has 1 saturated heterocycles. The Morgan fingerprint density at radius 2 is 2.27 bits per heavy atom. The lowest BCUT2D eigenvalue weighted by Gasteiger charge is -2.42. The Morgan fingerprint density at radius 1 is 1.60 bits per heavy atom. The molecule has 0 spiro atoms. The van der Waals surface area contributed by atoms with E-state index in [4.69, 9.17) is 22.7 Å². The highest BCUT2D eigenvalue weighted by atomic mass is 32.1. The number of morpholine rings is 1. The van der Waals surface area contributed by atoms with Crippen LogP contribution >= 0.6 is 12.2 Å². The van der Waals surface area contributed by atoms with Crippen LogP contribution < -0.4 is 5.73 Å². The molecule has 1 fully saturated rings. The molecule has 1 rings (SSSR count). The van der Waals surface area contributed by atoms with Crippen molar-refractivity contribution in [3.63, 3.8) is 0 Å². The van der Waals surface area contributed by atoms with Crippen molar-refractivity contribution in [1.82, 2.24) is 4.90 Å². The van der Waals surface area contributed by atoms with Crippen LogP contribution in [0.1, 0.15) is 33.6 Å². The van der Waals surface area contributed by atoms with E-state index in [2.05, 4.69) is 25.7 Å². The van der Waals surface area contributed by atoms with Gasteiger partial charge in [-0.2, -0.15) is 0 Å². The van der Waals surface area contributed by atoms with Gasteiger partial charge in [-0.1, -0.05) is 19.1 Å². The zero-order chi connectivity index (χ0) is 11.5. The first-order valence-corrected chi connectivity index (χ1v) is 6.02. The van der Waals surface area contributed by atoms with E-state index in [1.807, 2.05) is 0 Å². The first-order chi connectivity index (χ1) is 6.94. The van der Waals surface area contributed by atoms with Gasteiger partial charge in [0, 0.05) is 25.6 Å². The number of hydrogen-bond acceptors (Lipinski definition) is 3. The average Bonchev–Trinajstić information content (AvgIpc) is 2.12. The zero-order valence-corrected chi connectivity index (χ0v) is 10.8. The smallest absolute Gasteiger partial charge is 0.0753 e. The van der Waals surface area contributed by atoms with Gasteiger partial charge in [0.15, 0.2) is 0 Å². The molecule has 1 atom stereocenters.